The van der Waals surface area contributed by atoms with Crippen molar-refractivity contribution in [2.75, 3.05) is 26.8 Å². The number of amides is 1. The van der Waals surface area contributed by atoms with Crippen LogP contribution in [0.15, 0.2) is 0 Å². The van der Waals surface area contributed by atoms with E-state index in [1.54, 1.807) is 0 Å². The van der Waals surface area contributed by atoms with Crippen molar-refractivity contribution in [3.8, 4) is 0 Å². The van der Waals surface area contributed by atoms with Gasteiger partial charge in [0.2, 0.25) is 5.91 Å². The summed E-state index contributed by atoms with van der Waals surface area (Å²) in [4.78, 5) is 13.7. The van der Waals surface area contributed by atoms with E-state index in [0.29, 0.717) is 24.4 Å². The third-order valence-electron chi connectivity index (χ3n) is 3.20. The van der Waals surface area contributed by atoms with Crippen LogP contribution < -0.4 is 5.32 Å². The summed E-state index contributed by atoms with van der Waals surface area (Å²) in [6.45, 7) is 2.48. The van der Waals surface area contributed by atoms with E-state index in [9.17, 15) is 4.79 Å². The van der Waals surface area contributed by atoms with Gasteiger partial charge in [0.15, 0.2) is 0 Å². The number of ether oxygens (including phenoxy) is 1. The highest BCUT2D eigenvalue weighted by atomic mass is 16.5. The summed E-state index contributed by atoms with van der Waals surface area (Å²) in [5.41, 5.74) is 0. The van der Waals surface area contributed by atoms with Gasteiger partial charge in [0.05, 0.1) is 0 Å². The number of likely N-dealkylation sites (N-methyl/N-ethyl adjacent to an activating group) is 1. The molecule has 0 aromatic rings. The van der Waals surface area contributed by atoms with E-state index in [1.807, 2.05) is 11.9 Å². The molecule has 2 aliphatic rings. The molecule has 2 saturated heterocycles. The molecule has 2 rings (SSSR count). The topological polar surface area (TPSA) is 41.6 Å². The van der Waals surface area contributed by atoms with E-state index in [2.05, 4.69) is 5.32 Å². The molecule has 0 radical (unpaired) electrons. The summed E-state index contributed by atoms with van der Waals surface area (Å²) in [5, 5.41) is 3.17. The highest BCUT2D eigenvalue weighted by molar-refractivity contribution is 5.79. The van der Waals surface area contributed by atoms with Crippen LogP contribution in [0.3, 0.4) is 0 Å². The molecule has 0 saturated carbocycles. The average molecular weight is 198 g/mol. The lowest BCUT2D eigenvalue weighted by molar-refractivity contribution is -0.131. The lowest BCUT2D eigenvalue weighted by Crippen LogP contribution is -2.41. The molecule has 1 amide bonds. The van der Waals surface area contributed by atoms with Crippen LogP contribution in [-0.2, 0) is 9.53 Å². The Bertz CT molecular complexity index is 214. The van der Waals surface area contributed by atoms with Gasteiger partial charge in [-0.1, -0.05) is 0 Å². The fraction of sp³-hybridized carbons (Fsp3) is 0.900. The van der Waals surface area contributed by atoms with Crippen molar-refractivity contribution in [1.82, 2.24) is 10.2 Å². The maximum Gasteiger partial charge on any atom is 0.224 e. The lowest BCUT2D eigenvalue weighted by Gasteiger charge is -2.31. The van der Waals surface area contributed by atoms with Gasteiger partial charge in [-0.3, -0.25) is 4.79 Å². The van der Waals surface area contributed by atoms with Gasteiger partial charge in [-0.15, -0.1) is 0 Å². The van der Waals surface area contributed by atoms with Gasteiger partial charge < -0.3 is 15.0 Å². The number of likely N-dealkylation sites (tertiary alicyclic amines) is 1. The Morgan fingerprint density at radius 1 is 1.43 bits per heavy atom. The number of nitrogens with one attached hydrogen (secondary N) is 1. The Morgan fingerprint density at radius 3 is 2.71 bits per heavy atom. The standard InChI is InChI=1S/C10H18N2O2/c1-11-8-6-10(13)12(7-8)9-2-4-14-5-3-9/h8-9,11H,2-7H2,1H3. The first-order chi connectivity index (χ1) is 6.81. The van der Waals surface area contributed by atoms with E-state index < -0.39 is 0 Å². The second kappa shape index (κ2) is 4.28. The molecule has 4 nitrogen and oxygen atoms in total. The van der Waals surface area contributed by atoms with E-state index in [0.717, 1.165) is 32.6 Å². The summed E-state index contributed by atoms with van der Waals surface area (Å²) in [7, 11) is 1.92. The molecular formula is C10H18N2O2. The Morgan fingerprint density at radius 2 is 2.14 bits per heavy atom. The van der Waals surface area contributed by atoms with Crippen LogP contribution in [-0.4, -0.2) is 49.7 Å². The Hall–Kier alpha value is -0.610. The first-order valence-electron chi connectivity index (χ1n) is 5.35. The third kappa shape index (κ3) is 1.91. The highest BCUT2D eigenvalue weighted by Crippen LogP contribution is 2.20. The number of hydrogen-bond acceptors (Lipinski definition) is 3. The molecular weight excluding hydrogens is 180 g/mol. The molecule has 1 N–H and O–H groups in total. The molecule has 0 aliphatic carbocycles. The third-order valence-corrected chi connectivity index (χ3v) is 3.20. The summed E-state index contributed by atoms with van der Waals surface area (Å²) >= 11 is 0. The number of rotatable bonds is 2. The van der Waals surface area contributed by atoms with Crippen LogP contribution in [0.4, 0.5) is 0 Å². The molecule has 0 aromatic heterocycles. The normalized spacial score (nSPS) is 29.9. The first-order valence-corrected chi connectivity index (χ1v) is 5.35. The molecule has 14 heavy (non-hydrogen) atoms. The molecule has 0 aromatic carbocycles. The van der Waals surface area contributed by atoms with E-state index in [-0.39, 0.29) is 0 Å². The predicted molar refractivity (Wildman–Crippen MR) is 53.0 cm³/mol. The number of hydrogen-bond donors (Lipinski definition) is 1. The minimum Gasteiger partial charge on any atom is -0.381 e. The fourth-order valence-electron chi connectivity index (χ4n) is 2.27. The molecule has 2 fully saturated rings. The SMILES string of the molecule is CNC1CC(=O)N(C2CCOCC2)C1. The van der Waals surface area contributed by atoms with Gasteiger partial charge in [-0.25, -0.2) is 0 Å². The van der Waals surface area contributed by atoms with Crippen molar-refractivity contribution in [2.45, 2.75) is 31.3 Å². The predicted octanol–water partition coefficient (Wildman–Crippen LogP) is -0.0143. The van der Waals surface area contributed by atoms with Crippen LogP contribution >= 0.6 is 0 Å². The summed E-state index contributed by atoms with van der Waals surface area (Å²) in [6.07, 6.45) is 2.66. The Balaban J connectivity index is 1.93. The van der Waals surface area contributed by atoms with Crippen molar-refractivity contribution in [2.24, 2.45) is 0 Å². The van der Waals surface area contributed by atoms with Gasteiger partial charge in [-0.05, 0) is 19.9 Å². The number of carbonyl (C=O) groups is 1. The largest absolute Gasteiger partial charge is 0.381 e. The fourth-order valence-corrected chi connectivity index (χ4v) is 2.27. The molecule has 2 heterocycles. The molecule has 4 heteroatoms. The summed E-state index contributed by atoms with van der Waals surface area (Å²) < 4.78 is 5.29. The van der Waals surface area contributed by atoms with E-state index in [4.69, 9.17) is 4.74 Å². The van der Waals surface area contributed by atoms with Crippen LogP contribution in [0.2, 0.25) is 0 Å². The van der Waals surface area contributed by atoms with Crippen LogP contribution in [0.5, 0.6) is 0 Å². The number of nitrogens with zero attached hydrogens (tertiary/aromatic N) is 1. The molecule has 1 unspecified atom stereocenters. The number of carbonyl (C=O) groups excluding carboxylic acids is 1. The second-order valence-electron chi connectivity index (χ2n) is 4.08. The van der Waals surface area contributed by atoms with E-state index in [1.165, 1.54) is 0 Å². The minimum atomic E-state index is 0.302. The van der Waals surface area contributed by atoms with Gasteiger partial charge in [-0.2, -0.15) is 0 Å². The molecule has 1 atom stereocenters. The van der Waals surface area contributed by atoms with Gasteiger partial charge in [0.1, 0.15) is 0 Å². The second-order valence-corrected chi connectivity index (χ2v) is 4.08. The van der Waals surface area contributed by atoms with Crippen LogP contribution in [0, 0.1) is 0 Å². The molecule has 0 spiro atoms. The zero-order chi connectivity index (χ0) is 9.97. The van der Waals surface area contributed by atoms with Crippen molar-refractivity contribution in [3.63, 3.8) is 0 Å². The summed E-state index contributed by atoms with van der Waals surface area (Å²) in [6, 6.07) is 0.778. The van der Waals surface area contributed by atoms with Crippen molar-refractivity contribution >= 4 is 5.91 Å². The maximum absolute atomic E-state index is 11.7. The van der Waals surface area contributed by atoms with Crippen molar-refractivity contribution in [1.29, 1.82) is 0 Å². The highest BCUT2D eigenvalue weighted by Gasteiger charge is 2.33. The smallest absolute Gasteiger partial charge is 0.224 e. The first kappa shape index (κ1) is 9.93. The summed E-state index contributed by atoms with van der Waals surface area (Å²) in [5.74, 6) is 0.302. The molecule has 2 aliphatic heterocycles. The van der Waals surface area contributed by atoms with Gasteiger partial charge >= 0.3 is 0 Å². The monoisotopic (exact) mass is 198 g/mol. The Labute approximate surface area is 84.6 Å². The van der Waals surface area contributed by atoms with Crippen molar-refractivity contribution in [3.05, 3.63) is 0 Å². The Kier molecular flexibility index (Phi) is 3.03. The van der Waals surface area contributed by atoms with Gasteiger partial charge in [0, 0.05) is 38.3 Å². The zero-order valence-corrected chi connectivity index (χ0v) is 8.66. The average Bonchev–Trinajstić information content (AvgIpc) is 2.61. The quantitative estimate of drug-likeness (QED) is 0.678. The zero-order valence-electron chi connectivity index (χ0n) is 8.66. The van der Waals surface area contributed by atoms with Crippen LogP contribution in [0.1, 0.15) is 19.3 Å². The molecule has 0 bridgehead atoms. The van der Waals surface area contributed by atoms with E-state index >= 15 is 0 Å². The van der Waals surface area contributed by atoms with Crippen molar-refractivity contribution < 1.29 is 9.53 Å². The minimum absolute atomic E-state index is 0.302. The van der Waals surface area contributed by atoms with Gasteiger partial charge in [0.25, 0.3) is 0 Å². The van der Waals surface area contributed by atoms with Crippen LogP contribution in [0.25, 0.3) is 0 Å². The molecule has 80 valence electrons. The maximum atomic E-state index is 11.7. The lowest BCUT2D eigenvalue weighted by atomic mass is 10.1.